The quantitative estimate of drug-likeness (QED) is 0.816. The first-order chi connectivity index (χ1) is 10.3. The molecule has 118 valence electrons. The lowest BCUT2D eigenvalue weighted by molar-refractivity contribution is -0.119. The van der Waals surface area contributed by atoms with Gasteiger partial charge in [0.1, 0.15) is 10.9 Å². The van der Waals surface area contributed by atoms with Gasteiger partial charge in [0.2, 0.25) is 0 Å². The van der Waals surface area contributed by atoms with E-state index in [4.69, 9.17) is 0 Å². The van der Waals surface area contributed by atoms with Crippen LogP contribution in [0.5, 0.6) is 0 Å². The summed E-state index contributed by atoms with van der Waals surface area (Å²) in [5.41, 5.74) is 1.38. The molecule has 2 aromatic rings. The minimum Gasteiger partial charge on any atom is -0.465 e. The molecule has 0 saturated carbocycles. The molecule has 1 atom stereocenters. The zero-order chi connectivity index (χ0) is 16.4. The fourth-order valence-corrected chi connectivity index (χ4v) is 3.01. The van der Waals surface area contributed by atoms with Crippen LogP contribution in [0.3, 0.4) is 0 Å². The maximum atomic E-state index is 12.3. The number of amides is 1. The molecule has 0 saturated heterocycles. The van der Waals surface area contributed by atoms with Crippen molar-refractivity contribution in [1.82, 2.24) is 14.8 Å². The molecular formula is C13H15BrN4O3S. The van der Waals surface area contributed by atoms with Crippen molar-refractivity contribution in [2.45, 2.75) is 26.8 Å². The third kappa shape index (κ3) is 3.20. The Labute approximate surface area is 139 Å². The predicted octanol–water partition coefficient (Wildman–Crippen LogP) is 2.71. The number of nitrogens with one attached hydrogen (secondary N) is 1. The zero-order valence-electron chi connectivity index (χ0n) is 12.5. The van der Waals surface area contributed by atoms with Gasteiger partial charge in [0.05, 0.1) is 29.2 Å². The van der Waals surface area contributed by atoms with Gasteiger partial charge in [-0.1, -0.05) is 11.3 Å². The van der Waals surface area contributed by atoms with Crippen LogP contribution in [-0.2, 0) is 9.53 Å². The predicted molar refractivity (Wildman–Crippen MR) is 86.2 cm³/mol. The third-order valence-corrected chi connectivity index (χ3v) is 4.96. The highest BCUT2D eigenvalue weighted by Gasteiger charge is 2.22. The van der Waals surface area contributed by atoms with Crippen molar-refractivity contribution in [3.8, 4) is 0 Å². The fraction of sp³-hybridized carbons (Fsp3) is 0.385. The molecule has 7 nitrogen and oxygen atoms in total. The van der Waals surface area contributed by atoms with Crippen molar-refractivity contribution in [2.24, 2.45) is 0 Å². The lowest BCUT2D eigenvalue weighted by Gasteiger charge is -2.13. The maximum absolute atomic E-state index is 12.3. The van der Waals surface area contributed by atoms with Crippen LogP contribution < -0.4 is 5.32 Å². The Balaban J connectivity index is 2.15. The van der Waals surface area contributed by atoms with Crippen LogP contribution in [-0.4, -0.2) is 33.8 Å². The first kappa shape index (κ1) is 16.6. The van der Waals surface area contributed by atoms with E-state index < -0.39 is 12.0 Å². The smallest absolute Gasteiger partial charge is 0.350 e. The number of halogens is 1. The summed E-state index contributed by atoms with van der Waals surface area (Å²) in [5, 5.41) is 7.22. The first-order valence-corrected chi connectivity index (χ1v) is 8.02. The summed E-state index contributed by atoms with van der Waals surface area (Å²) < 4.78 is 7.12. The van der Waals surface area contributed by atoms with Crippen LogP contribution in [0.2, 0.25) is 0 Å². The minimum absolute atomic E-state index is 0.260. The van der Waals surface area contributed by atoms with Crippen molar-refractivity contribution in [1.29, 1.82) is 0 Å². The molecule has 0 fully saturated rings. The van der Waals surface area contributed by atoms with Crippen molar-refractivity contribution >= 4 is 44.3 Å². The van der Waals surface area contributed by atoms with E-state index in [1.807, 2.05) is 6.92 Å². The standard InChI is InChI=1S/C13H15BrN4O3S/c1-6-10(12(20)21-4)22-13(16-6)17-11(19)8(3)18-7(2)9(14)5-15-18/h5,8H,1-4H3,(H,16,17,19)/t8-/m0/s1. The zero-order valence-corrected chi connectivity index (χ0v) is 14.9. The average Bonchev–Trinajstić information content (AvgIpc) is 3.01. The Hall–Kier alpha value is -1.74. The number of nitrogens with zero attached hydrogens (tertiary/aromatic N) is 3. The highest BCUT2D eigenvalue weighted by molar-refractivity contribution is 9.10. The second-order valence-corrected chi connectivity index (χ2v) is 6.47. The lowest BCUT2D eigenvalue weighted by Crippen LogP contribution is -2.25. The van der Waals surface area contributed by atoms with Gasteiger partial charge >= 0.3 is 5.97 Å². The molecule has 0 radical (unpaired) electrons. The molecule has 0 aliphatic carbocycles. The van der Waals surface area contributed by atoms with Crippen LogP contribution >= 0.6 is 27.3 Å². The van der Waals surface area contributed by atoms with Crippen LogP contribution in [0.1, 0.15) is 34.0 Å². The maximum Gasteiger partial charge on any atom is 0.350 e. The Bertz CT molecular complexity index is 725. The van der Waals surface area contributed by atoms with Gasteiger partial charge in [-0.3, -0.25) is 9.48 Å². The number of aryl methyl sites for hydroxylation is 1. The minimum atomic E-state index is -0.503. The van der Waals surface area contributed by atoms with Gasteiger partial charge in [0.15, 0.2) is 5.13 Å². The summed E-state index contributed by atoms with van der Waals surface area (Å²) in [4.78, 5) is 28.4. The summed E-state index contributed by atoms with van der Waals surface area (Å²) in [5.74, 6) is -0.723. The van der Waals surface area contributed by atoms with Gasteiger partial charge in [-0.15, -0.1) is 0 Å². The molecule has 0 aliphatic rings. The number of thiazole rings is 1. The van der Waals surface area contributed by atoms with Crippen LogP contribution in [0.25, 0.3) is 0 Å². The monoisotopic (exact) mass is 386 g/mol. The number of anilines is 1. The molecule has 0 unspecified atom stereocenters. The largest absolute Gasteiger partial charge is 0.465 e. The van der Waals surface area contributed by atoms with E-state index in [1.165, 1.54) is 7.11 Å². The summed E-state index contributed by atoms with van der Waals surface area (Å²) >= 11 is 4.45. The average molecular weight is 387 g/mol. The molecule has 2 heterocycles. The molecular weight excluding hydrogens is 372 g/mol. The number of hydrogen-bond acceptors (Lipinski definition) is 6. The molecule has 2 aromatic heterocycles. The Kier molecular flexibility index (Phi) is 4.97. The highest BCUT2D eigenvalue weighted by atomic mass is 79.9. The molecule has 0 bridgehead atoms. The number of methoxy groups -OCH3 is 1. The van der Waals surface area contributed by atoms with E-state index in [-0.39, 0.29) is 5.91 Å². The fourth-order valence-electron chi connectivity index (χ4n) is 1.85. The van der Waals surface area contributed by atoms with Crippen molar-refractivity contribution in [3.05, 3.63) is 26.9 Å². The second-order valence-electron chi connectivity index (χ2n) is 4.61. The third-order valence-electron chi connectivity index (χ3n) is 3.13. The van der Waals surface area contributed by atoms with Crippen LogP contribution in [0, 0.1) is 13.8 Å². The first-order valence-electron chi connectivity index (χ1n) is 6.41. The van der Waals surface area contributed by atoms with Gasteiger partial charge < -0.3 is 10.1 Å². The Morgan fingerprint density at radius 3 is 2.68 bits per heavy atom. The number of ether oxygens (including phenoxy) is 1. The molecule has 22 heavy (non-hydrogen) atoms. The molecule has 0 aliphatic heterocycles. The van der Waals surface area contributed by atoms with Gasteiger partial charge in [-0.2, -0.15) is 5.10 Å². The van der Waals surface area contributed by atoms with E-state index >= 15 is 0 Å². The van der Waals surface area contributed by atoms with Crippen molar-refractivity contribution < 1.29 is 14.3 Å². The lowest BCUT2D eigenvalue weighted by atomic mass is 10.3. The van der Waals surface area contributed by atoms with Crippen LogP contribution in [0.4, 0.5) is 5.13 Å². The van der Waals surface area contributed by atoms with Gasteiger partial charge in [0, 0.05) is 0 Å². The number of carbonyl (C=O) groups excluding carboxylic acids is 2. The van der Waals surface area contributed by atoms with E-state index in [9.17, 15) is 9.59 Å². The number of aromatic nitrogens is 3. The van der Waals surface area contributed by atoms with Crippen molar-refractivity contribution in [3.63, 3.8) is 0 Å². The molecule has 9 heteroatoms. The number of hydrogen-bond donors (Lipinski definition) is 1. The molecule has 2 rings (SSSR count). The molecule has 0 aromatic carbocycles. The molecule has 1 amide bonds. The van der Waals surface area contributed by atoms with Gasteiger partial charge in [0.25, 0.3) is 5.91 Å². The molecule has 0 spiro atoms. The Morgan fingerprint density at radius 2 is 2.14 bits per heavy atom. The van der Waals surface area contributed by atoms with E-state index in [2.05, 4.69) is 36.1 Å². The number of carbonyl (C=O) groups is 2. The van der Waals surface area contributed by atoms with Crippen LogP contribution in [0.15, 0.2) is 10.7 Å². The summed E-state index contributed by atoms with van der Waals surface area (Å²) in [6.07, 6.45) is 1.64. The van der Waals surface area contributed by atoms with Crippen molar-refractivity contribution in [2.75, 3.05) is 12.4 Å². The topological polar surface area (TPSA) is 86.1 Å². The second kappa shape index (κ2) is 6.57. The van der Waals surface area contributed by atoms with E-state index in [0.717, 1.165) is 21.5 Å². The summed E-state index contributed by atoms with van der Waals surface area (Å²) in [7, 11) is 1.31. The number of rotatable bonds is 4. The van der Waals surface area contributed by atoms with Gasteiger partial charge in [-0.05, 0) is 36.7 Å². The number of esters is 1. The Morgan fingerprint density at radius 1 is 1.45 bits per heavy atom. The summed E-state index contributed by atoms with van der Waals surface area (Å²) in [6, 6.07) is -0.503. The normalized spacial score (nSPS) is 12.0. The highest BCUT2D eigenvalue weighted by Crippen LogP contribution is 2.25. The van der Waals surface area contributed by atoms with Gasteiger partial charge in [-0.25, -0.2) is 9.78 Å². The van der Waals surface area contributed by atoms with E-state index in [0.29, 0.717) is 15.7 Å². The molecule has 1 N–H and O–H groups in total. The SMILES string of the molecule is COC(=O)c1sc(NC(=O)[C@H](C)n2ncc(Br)c2C)nc1C. The van der Waals surface area contributed by atoms with E-state index in [1.54, 1.807) is 24.7 Å². The summed E-state index contributed by atoms with van der Waals surface area (Å²) in [6.45, 7) is 5.30.